The summed E-state index contributed by atoms with van der Waals surface area (Å²) in [4.78, 5) is 0. The summed E-state index contributed by atoms with van der Waals surface area (Å²) >= 11 is 5.10. The van der Waals surface area contributed by atoms with Crippen LogP contribution in [-0.2, 0) is 0 Å². The number of hydrogen-bond donors (Lipinski definition) is 1. The van der Waals surface area contributed by atoms with Gasteiger partial charge in [-0.1, -0.05) is 26.7 Å². The van der Waals surface area contributed by atoms with Gasteiger partial charge in [0.15, 0.2) is 0 Å². The first-order valence-electron chi connectivity index (χ1n) is 9.24. The van der Waals surface area contributed by atoms with Gasteiger partial charge in [-0.2, -0.15) is 12.6 Å². The minimum Gasteiger partial charge on any atom is -0.175 e. The molecule has 0 spiro atoms. The zero-order valence-corrected chi connectivity index (χ0v) is 14.3. The highest BCUT2D eigenvalue weighted by Gasteiger charge is 2.59. The Kier molecular flexibility index (Phi) is 3.26. The molecule has 4 saturated carbocycles. The summed E-state index contributed by atoms with van der Waals surface area (Å²) < 4.78 is 0. The van der Waals surface area contributed by atoms with Gasteiger partial charge in [-0.3, -0.25) is 0 Å². The van der Waals surface area contributed by atoms with Gasteiger partial charge in [0.1, 0.15) is 0 Å². The predicted molar refractivity (Wildman–Crippen MR) is 89.1 cm³/mol. The van der Waals surface area contributed by atoms with Gasteiger partial charge in [-0.05, 0) is 85.9 Å². The lowest BCUT2D eigenvalue weighted by Gasteiger charge is -2.61. The normalized spacial score (nSPS) is 58.6. The van der Waals surface area contributed by atoms with Crippen molar-refractivity contribution >= 4 is 12.6 Å². The van der Waals surface area contributed by atoms with Crippen LogP contribution in [0.4, 0.5) is 0 Å². The Morgan fingerprint density at radius 2 is 1.65 bits per heavy atom. The molecule has 4 fully saturated rings. The molecule has 0 radical (unpaired) electrons. The van der Waals surface area contributed by atoms with Crippen LogP contribution < -0.4 is 0 Å². The van der Waals surface area contributed by atoms with E-state index in [1.165, 1.54) is 57.8 Å². The Hall–Kier alpha value is 0.350. The largest absolute Gasteiger partial charge is 0.175 e. The van der Waals surface area contributed by atoms with Gasteiger partial charge in [0.25, 0.3) is 0 Å². The van der Waals surface area contributed by atoms with Crippen molar-refractivity contribution < 1.29 is 0 Å². The minimum absolute atomic E-state index is 0.564. The Morgan fingerprint density at radius 1 is 0.800 bits per heavy atom. The molecule has 0 aromatic rings. The maximum absolute atomic E-state index is 5.10. The van der Waals surface area contributed by atoms with Gasteiger partial charge in [-0.25, -0.2) is 0 Å². The fourth-order valence-corrected chi connectivity index (χ4v) is 7.89. The standard InChI is InChI=1S/C19H32S/c1-18-11-4-6-15(18)14-9-8-13-5-3-7-17(20)19(13,2)16(14)10-12-18/h13-17,20H,3-12H2,1-2H3/t13?,14-,15-,16-,17?,18-,19-/m0/s1. The summed E-state index contributed by atoms with van der Waals surface area (Å²) in [6.45, 7) is 5.26. The van der Waals surface area contributed by atoms with Crippen LogP contribution in [-0.4, -0.2) is 5.25 Å². The van der Waals surface area contributed by atoms with E-state index in [9.17, 15) is 0 Å². The molecule has 7 atom stereocenters. The van der Waals surface area contributed by atoms with Gasteiger partial charge >= 0.3 is 0 Å². The maximum atomic E-state index is 5.10. The molecule has 2 unspecified atom stereocenters. The molecule has 4 aliphatic rings. The van der Waals surface area contributed by atoms with Crippen LogP contribution in [0.1, 0.15) is 78.1 Å². The molecule has 0 aromatic carbocycles. The predicted octanol–water partition coefficient (Wildman–Crippen LogP) is 5.72. The zero-order valence-electron chi connectivity index (χ0n) is 13.4. The summed E-state index contributed by atoms with van der Waals surface area (Å²) in [6.07, 6.45) is 15.0. The van der Waals surface area contributed by atoms with Gasteiger partial charge in [0, 0.05) is 5.25 Å². The lowest BCUT2D eigenvalue weighted by atomic mass is 9.45. The monoisotopic (exact) mass is 292 g/mol. The molecule has 0 aliphatic heterocycles. The lowest BCUT2D eigenvalue weighted by molar-refractivity contribution is -0.0988. The lowest BCUT2D eigenvalue weighted by Crippen LogP contribution is -2.55. The van der Waals surface area contributed by atoms with Crippen molar-refractivity contribution in [3.8, 4) is 0 Å². The van der Waals surface area contributed by atoms with Crippen molar-refractivity contribution in [2.24, 2.45) is 34.5 Å². The van der Waals surface area contributed by atoms with Crippen molar-refractivity contribution in [3.05, 3.63) is 0 Å². The topological polar surface area (TPSA) is 0 Å². The molecular weight excluding hydrogens is 260 g/mol. The van der Waals surface area contributed by atoms with E-state index in [2.05, 4.69) is 13.8 Å². The summed E-state index contributed by atoms with van der Waals surface area (Å²) in [5.41, 5.74) is 1.28. The van der Waals surface area contributed by atoms with E-state index in [-0.39, 0.29) is 0 Å². The molecule has 1 heteroatoms. The molecule has 0 aromatic heterocycles. The zero-order chi connectivity index (χ0) is 14.0. The second-order valence-corrected chi connectivity index (χ2v) is 9.67. The Bertz CT molecular complexity index is 391. The average Bonchev–Trinajstić information content (AvgIpc) is 2.82. The van der Waals surface area contributed by atoms with Crippen molar-refractivity contribution in [1.29, 1.82) is 0 Å². The van der Waals surface area contributed by atoms with Crippen molar-refractivity contribution in [1.82, 2.24) is 0 Å². The first-order valence-corrected chi connectivity index (χ1v) is 9.75. The van der Waals surface area contributed by atoms with Gasteiger partial charge in [0.2, 0.25) is 0 Å². The van der Waals surface area contributed by atoms with E-state index in [4.69, 9.17) is 12.6 Å². The van der Waals surface area contributed by atoms with Gasteiger partial charge in [-0.15, -0.1) is 0 Å². The van der Waals surface area contributed by atoms with Crippen LogP contribution in [0, 0.1) is 34.5 Å². The second-order valence-electron chi connectivity index (χ2n) is 9.05. The first kappa shape index (κ1) is 14.0. The fourth-order valence-electron chi connectivity index (χ4n) is 7.31. The number of hydrogen-bond acceptors (Lipinski definition) is 1. The third-order valence-electron chi connectivity index (χ3n) is 8.49. The van der Waals surface area contributed by atoms with E-state index in [1.54, 1.807) is 6.42 Å². The summed E-state index contributed by atoms with van der Waals surface area (Å²) in [5, 5.41) is 0.680. The highest BCUT2D eigenvalue weighted by atomic mass is 32.1. The van der Waals surface area contributed by atoms with Crippen molar-refractivity contribution in [3.63, 3.8) is 0 Å². The quantitative estimate of drug-likeness (QED) is 0.543. The molecule has 4 aliphatic carbocycles. The highest BCUT2D eigenvalue weighted by molar-refractivity contribution is 7.81. The minimum atomic E-state index is 0.564. The molecule has 20 heavy (non-hydrogen) atoms. The van der Waals surface area contributed by atoms with Gasteiger partial charge in [0.05, 0.1) is 0 Å². The van der Waals surface area contributed by atoms with Crippen molar-refractivity contribution in [2.75, 3.05) is 0 Å². The molecule has 0 N–H and O–H groups in total. The molecule has 0 heterocycles. The molecule has 4 rings (SSSR count). The third-order valence-corrected chi connectivity index (χ3v) is 9.31. The van der Waals surface area contributed by atoms with Gasteiger partial charge < -0.3 is 0 Å². The molecule has 114 valence electrons. The van der Waals surface area contributed by atoms with Crippen LogP contribution in [0.3, 0.4) is 0 Å². The number of fused-ring (bicyclic) bond motifs is 5. The van der Waals surface area contributed by atoms with Crippen LogP contribution in [0.5, 0.6) is 0 Å². The third kappa shape index (κ3) is 1.74. The first-order chi connectivity index (χ1) is 9.56. The maximum Gasteiger partial charge on any atom is 0.00760 e. The molecule has 0 amide bonds. The number of rotatable bonds is 0. The SMILES string of the molecule is C[C@@]12CCC[C@H]1[C@@H]1CCC3CCCC(S)[C@]3(C)[C@H]1CC2. The van der Waals surface area contributed by atoms with Crippen LogP contribution in [0.2, 0.25) is 0 Å². The summed E-state index contributed by atoms with van der Waals surface area (Å²) in [7, 11) is 0. The van der Waals surface area contributed by atoms with E-state index in [0.717, 1.165) is 23.7 Å². The van der Waals surface area contributed by atoms with Crippen LogP contribution in [0.25, 0.3) is 0 Å². The van der Waals surface area contributed by atoms with Crippen LogP contribution >= 0.6 is 12.6 Å². The molecule has 0 bridgehead atoms. The molecular formula is C19H32S. The van der Waals surface area contributed by atoms with E-state index < -0.39 is 0 Å². The Balaban J connectivity index is 1.67. The van der Waals surface area contributed by atoms with E-state index >= 15 is 0 Å². The van der Waals surface area contributed by atoms with Crippen molar-refractivity contribution in [2.45, 2.75) is 83.3 Å². The molecule has 0 nitrogen and oxygen atoms in total. The summed E-state index contributed by atoms with van der Waals surface area (Å²) in [5.74, 6) is 4.10. The average molecular weight is 293 g/mol. The van der Waals surface area contributed by atoms with E-state index in [1.807, 2.05) is 0 Å². The van der Waals surface area contributed by atoms with E-state index in [0.29, 0.717) is 16.1 Å². The molecule has 0 saturated heterocycles. The summed E-state index contributed by atoms with van der Waals surface area (Å²) in [6, 6.07) is 0. The Labute approximate surface area is 130 Å². The highest BCUT2D eigenvalue weighted by Crippen LogP contribution is 2.66. The Morgan fingerprint density at radius 3 is 2.50 bits per heavy atom. The smallest absolute Gasteiger partial charge is 0.00760 e. The fraction of sp³-hybridized carbons (Fsp3) is 1.00. The van der Waals surface area contributed by atoms with Crippen LogP contribution in [0.15, 0.2) is 0 Å². The second kappa shape index (κ2) is 4.67. The number of thiol groups is 1.